The summed E-state index contributed by atoms with van der Waals surface area (Å²) in [5, 5.41) is 0. The van der Waals surface area contributed by atoms with Crippen LogP contribution in [0.5, 0.6) is 0 Å². The number of fused-ring (bicyclic) bond motifs is 1. The van der Waals surface area contributed by atoms with Crippen LogP contribution in [0.2, 0.25) is 0 Å². The SMILES string of the molecule is CCc1nc(-c2cc(C)cc(F)c2)c(-c2ccc3nccnc3c2)[nH]1. The van der Waals surface area contributed by atoms with Crippen molar-refractivity contribution in [2.24, 2.45) is 0 Å². The second kappa shape index (κ2) is 6.09. The number of imidazole rings is 1. The fourth-order valence-corrected chi connectivity index (χ4v) is 3.00. The van der Waals surface area contributed by atoms with Crippen LogP contribution in [0, 0.1) is 12.7 Å². The second-order valence-electron chi connectivity index (χ2n) is 6.04. The third-order valence-corrected chi connectivity index (χ3v) is 4.16. The largest absolute Gasteiger partial charge is 0.341 e. The Balaban J connectivity index is 1.92. The summed E-state index contributed by atoms with van der Waals surface area (Å²) in [6.07, 6.45) is 4.12. The maximum atomic E-state index is 13.9. The van der Waals surface area contributed by atoms with Gasteiger partial charge in [-0.3, -0.25) is 9.97 Å². The van der Waals surface area contributed by atoms with E-state index in [0.29, 0.717) is 0 Å². The molecule has 0 saturated carbocycles. The number of hydrogen-bond donors (Lipinski definition) is 1. The van der Waals surface area contributed by atoms with E-state index in [-0.39, 0.29) is 5.82 Å². The van der Waals surface area contributed by atoms with E-state index in [4.69, 9.17) is 0 Å². The second-order valence-corrected chi connectivity index (χ2v) is 6.04. The molecule has 0 aliphatic rings. The van der Waals surface area contributed by atoms with E-state index in [1.54, 1.807) is 12.4 Å². The molecule has 4 nitrogen and oxygen atoms in total. The number of H-pyrrole nitrogens is 1. The molecule has 2 heterocycles. The van der Waals surface area contributed by atoms with Gasteiger partial charge in [0.05, 0.1) is 22.4 Å². The molecule has 0 spiro atoms. The van der Waals surface area contributed by atoms with Crippen LogP contribution in [0.3, 0.4) is 0 Å². The molecular weight excluding hydrogens is 315 g/mol. The normalized spacial score (nSPS) is 11.2. The molecule has 0 radical (unpaired) electrons. The van der Waals surface area contributed by atoms with E-state index in [2.05, 4.69) is 19.9 Å². The topological polar surface area (TPSA) is 54.5 Å². The number of aryl methyl sites for hydroxylation is 2. The van der Waals surface area contributed by atoms with E-state index in [9.17, 15) is 4.39 Å². The number of nitrogens with one attached hydrogen (secondary N) is 1. The Bertz CT molecular complexity index is 1050. The summed E-state index contributed by atoms with van der Waals surface area (Å²) in [6.45, 7) is 3.92. The van der Waals surface area contributed by atoms with Gasteiger partial charge < -0.3 is 4.98 Å². The fraction of sp³-hybridized carbons (Fsp3) is 0.150. The molecule has 0 unspecified atom stereocenters. The Labute approximate surface area is 144 Å². The molecule has 25 heavy (non-hydrogen) atoms. The summed E-state index contributed by atoms with van der Waals surface area (Å²) in [6, 6.07) is 10.9. The first-order valence-electron chi connectivity index (χ1n) is 8.21. The lowest BCUT2D eigenvalue weighted by atomic mass is 10.0. The van der Waals surface area contributed by atoms with Crippen molar-refractivity contribution < 1.29 is 4.39 Å². The molecule has 1 N–H and O–H groups in total. The van der Waals surface area contributed by atoms with Gasteiger partial charge in [-0.25, -0.2) is 9.37 Å². The summed E-state index contributed by atoms with van der Waals surface area (Å²) in [4.78, 5) is 16.7. The minimum atomic E-state index is -0.258. The molecule has 0 bridgehead atoms. The minimum absolute atomic E-state index is 0.258. The highest BCUT2D eigenvalue weighted by Crippen LogP contribution is 2.32. The number of aromatic amines is 1. The maximum absolute atomic E-state index is 13.9. The molecule has 0 aliphatic carbocycles. The lowest BCUT2D eigenvalue weighted by Gasteiger charge is -2.06. The van der Waals surface area contributed by atoms with Gasteiger partial charge in [0.25, 0.3) is 0 Å². The van der Waals surface area contributed by atoms with Crippen LogP contribution < -0.4 is 0 Å². The molecule has 2 aromatic heterocycles. The van der Waals surface area contributed by atoms with Gasteiger partial charge in [-0.1, -0.05) is 13.0 Å². The molecule has 5 heteroatoms. The number of hydrogen-bond acceptors (Lipinski definition) is 3. The summed E-state index contributed by atoms with van der Waals surface area (Å²) in [7, 11) is 0. The zero-order valence-electron chi connectivity index (χ0n) is 14.0. The van der Waals surface area contributed by atoms with Crippen molar-refractivity contribution in [1.29, 1.82) is 0 Å². The van der Waals surface area contributed by atoms with Crippen molar-refractivity contribution in [2.45, 2.75) is 20.3 Å². The molecule has 0 amide bonds. The zero-order valence-corrected chi connectivity index (χ0v) is 14.0. The predicted molar refractivity (Wildman–Crippen MR) is 96.6 cm³/mol. The monoisotopic (exact) mass is 332 g/mol. The van der Waals surface area contributed by atoms with Crippen molar-refractivity contribution >= 4 is 11.0 Å². The number of nitrogens with zero attached hydrogens (tertiary/aromatic N) is 3. The summed E-state index contributed by atoms with van der Waals surface area (Å²) in [5.41, 5.74) is 5.86. The van der Waals surface area contributed by atoms with Crippen molar-refractivity contribution in [3.63, 3.8) is 0 Å². The van der Waals surface area contributed by atoms with Gasteiger partial charge in [0.2, 0.25) is 0 Å². The van der Waals surface area contributed by atoms with Crippen LogP contribution >= 0.6 is 0 Å². The van der Waals surface area contributed by atoms with E-state index < -0.39 is 0 Å². The first-order chi connectivity index (χ1) is 12.1. The molecule has 0 fully saturated rings. The molecule has 4 rings (SSSR count). The predicted octanol–water partition coefficient (Wildman–Crippen LogP) is 4.70. The smallest absolute Gasteiger partial charge is 0.124 e. The molecule has 4 aromatic rings. The van der Waals surface area contributed by atoms with E-state index >= 15 is 0 Å². The minimum Gasteiger partial charge on any atom is -0.341 e. The molecule has 0 atom stereocenters. The van der Waals surface area contributed by atoms with Crippen LogP contribution in [0.1, 0.15) is 18.3 Å². The van der Waals surface area contributed by atoms with Crippen molar-refractivity contribution in [3.8, 4) is 22.5 Å². The third-order valence-electron chi connectivity index (χ3n) is 4.16. The van der Waals surface area contributed by atoms with Gasteiger partial charge in [-0.15, -0.1) is 0 Å². The summed E-state index contributed by atoms with van der Waals surface area (Å²) >= 11 is 0. The lowest BCUT2D eigenvalue weighted by molar-refractivity contribution is 0.627. The highest BCUT2D eigenvalue weighted by atomic mass is 19.1. The molecule has 2 aromatic carbocycles. The lowest BCUT2D eigenvalue weighted by Crippen LogP contribution is -1.88. The van der Waals surface area contributed by atoms with Gasteiger partial charge >= 0.3 is 0 Å². The van der Waals surface area contributed by atoms with Crippen LogP contribution in [0.4, 0.5) is 4.39 Å². The van der Waals surface area contributed by atoms with E-state index in [0.717, 1.165) is 51.4 Å². The van der Waals surface area contributed by atoms with E-state index in [1.165, 1.54) is 12.1 Å². The first kappa shape index (κ1) is 15.4. The summed E-state index contributed by atoms with van der Waals surface area (Å²) < 4.78 is 13.9. The highest BCUT2D eigenvalue weighted by molar-refractivity contribution is 5.85. The Kier molecular flexibility index (Phi) is 3.76. The quantitative estimate of drug-likeness (QED) is 0.592. The Morgan fingerprint density at radius 1 is 0.960 bits per heavy atom. The number of rotatable bonds is 3. The van der Waals surface area contributed by atoms with Crippen LogP contribution in [-0.4, -0.2) is 19.9 Å². The number of aromatic nitrogens is 4. The number of benzene rings is 2. The summed E-state index contributed by atoms with van der Waals surface area (Å²) in [5.74, 6) is 0.609. The van der Waals surface area contributed by atoms with Crippen LogP contribution in [-0.2, 0) is 6.42 Å². The fourth-order valence-electron chi connectivity index (χ4n) is 3.00. The van der Waals surface area contributed by atoms with Crippen LogP contribution in [0.15, 0.2) is 48.8 Å². The van der Waals surface area contributed by atoms with Crippen molar-refractivity contribution in [1.82, 2.24) is 19.9 Å². The van der Waals surface area contributed by atoms with Gasteiger partial charge in [-0.05, 0) is 42.8 Å². The average molecular weight is 332 g/mol. The van der Waals surface area contributed by atoms with Gasteiger partial charge in [0.15, 0.2) is 0 Å². The van der Waals surface area contributed by atoms with E-state index in [1.807, 2.05) is 38.1 Å². The average Bonchev–Trinajstić information content (AvgIpc) is 3.05. The third kappa shape index (κ3) is 2.89. The first-order valence-corrected chi connectivity index (χ1v) is 8.21. The van der Waals surface area contributed by atoms with Crippen molar-refractivity contribution in [3.05, 3.63) is 66.0 Å². The standard InChI is InChI=1S/C20H17FN4/c1-3-18-24-19(13-4-5-16-17(11-13)23-7-6-22-16)20(25-18)14-8-12(2)9-15(21)10-14/h4-11H,3H2,1-2H3,(H,24,25). The molecule has 0 aliphatic heterocycles. The molecule has 124 valence electrons. The zero-order chi connectivity index (χ0) is 17.4. The van der Waals surface area contributed by atoms with Gasteiger partial charge in [0.1, 0.15) is 11.6 Å². The van der Waals surface area contributed by atoms with Gasteiger partial charge in [0, 0.05) is 29.9 Å². The maximum Gasteiger partial charge on any atom is 0.124 e. The van der Waals surface area contributed by atoms with Gasteiger partial charge in [-0.2, -0.15) is 0 Å². The Morgan fingerprint density at radius 3 is 2.52 bits per heavy atom. The number of halogens is 1. The molecule has 0 saturated heterocycles. The Morgan fingerprint density at radius 2 is 1.76 bits per heavy atom. The molecular formula is C20H17FN4. The van der Waals surface area contributed by atoms with Crippen molar-refractivity contribution in [2.75, 3.05) is 0 Å². The highest BCUT2D eigenvalue weighted by Gasteiger charge is 2.15. The van der Waals surface area contributed by atoms with Crippen LogP contribution in [0.25, 0.3) is 33.5 Å². The Hall–Kier alpha value is -3.08.